The first-order chi connectivity index (χ1) is 8.22. The van der Waals surface area contributed by atoms with Gasteiger partial charge in [0.05, 0.1) is 5.52 Å². The van der Waals surface area contributed by atoms with E-state index in [9.17, 15) is 4.79 Å². The van der Waals surface area contributed by atoms with Crippen molar-refractivity contribution in [2.45, 2.75) is 26.4 Å². The molecule has 0 aliphatic heterocycles. The molecule has 0 amide bonds. The van der Waals surface area contributed by atoms with E-state index in [1.54, 1.807) is 13.1 Å². The van der Waals surface area contributed by atoms with Gasteiger partial charge >= 0.3 is 0 Å². The van der Waals surface area contributed by atoms with Gasteiger partial charge in [0, 0.05) is 18.0 Å². The Kier molecular flexibility index (Phi) is 3.38. The lowest BCUT2D eigenvalue weighted by atomic mass is 10.2. The van der Waals surface area contributed by atoms with Gasteiger partial charge in [-0.3, -0.25) is 9.78 Å². The van der Waals surface area contributed by atoms with E-state index in [-0.39, 0.29) is 5.78 Å². The highest BCUT2D eigenvalue weighted by Crippen LogP contribution is 2.24. The maximum Gasteiger partial charge on any atom is 0.172 e. The quantitative estimate of drug-likeness (QED) is 0.809. The summed E-state index contributed by atoms with van der Waals surface area (Å²) < 4.78 is 5.69. The minimum Gasteiger partial charge on any atom is -0.482 e. The number of pyridine rings is 1. The molecule has 2 rings (SSSR count). The van der Waals surface area contributed by atoms with Crippen LogP contribution in [-0.2, 0) is 4.79 Å². The molecule has 17 heavy (non-hydrogen) atoms. The van der Waals surface area contributed by atoms with Crippen LogP contribution >= 0.6 is 0 Å². The Bertz CT molecular complexity index is 531. The van der Waals surface area contributed by atoms with Crippen molar-refractivity contribution in [2.75, 3.05) is 0 Å². The van der Waals surface area contributed by atoms with Crippen molar-refractivity contribution in [3.8, 4) is 5.75 Å². The summed E-state index contributed by atoms with van der Waals surface area (Å²) in [5, 5.41) is 0.936. The highest BCUT2D eigenvalue weighted by atomic mass is 16.5. The Morgan fingerprint density at radius 2 is 2.18 bits per heavy atom. The molecule has 1 aromatic heterocycles. The third-order valence-corrected chi connectivity index (χ3v) is 2.71. The Balaban J connectivity index is 2.33. The van der Waals surface area contributed by atoms with Crippen molar-refractivity contribution < 1.29 is 9.53 Å². The number of ether oxygens (including phenoxy) is 1. The van der Waals surface area contributed by atoms with Gasteiger partial charge < -0.3 is 4.74 Å². The number of nitrogens with zero attached hydrogens (tertiary/aromatic N) is 1. The Morgan fingerprint density at radius 3 is 2.94 bits per heavy atom. The number of hydrogen-bond acceptors (Lipinski definition) is 3. The molecule has 0 radical (unpaired) electrons. The lowest BCUT2D eigenvalue weighted by molar-refractivity contribution is -0.124. The standard InChI is InChI=1S/C14H15NO2/c1-3-13(16)10(2)17-14-8-4-7-12-11(14)6-5-9-15-12/h4-10H,3H2,1-2H3. The van der Waals surface area contributed by atoms with Crippen LogP contribution in [0.15, 0.2) is 36.5 Å². The van der Waals surface area contributed by atoms with Crippen LogP contribution < -0.4 is 4.74 Å². The van der Waals surface area contributed by atoms with Gasteiger partial charge in [0.2, 0.25) is 0 Å². The predicted molar refractivity (Wildman–Crippen MR) is 67.1 cm³/mol. The summed E-state index contributed by atoms with van der Waals surface area (Å²) in [6, 6.07) is 9.48. The number of carbonyl (C=O) groups is 1. The molecule has 2 aromatic rings. The van der Waals surface area contributed by atoms with Gasteiger partial charge in [0.1, 0.15) is 5.75 Å². The summed E-state index contributed by atoms with van der Waals surface area (Å²) in [5.41, 5.74) is 0.876. The van der Waals surface area contributed by atoms with Crippen LogP contribution in [0.3, 0.4) is 0 Å². The van der Waals surface area contributed by atoms with Gasteiger partial charge in [0.25, 0.3) is 0 Å². The lowest BCUT2D eigenvalue weighted by Gasteiger charge is -2.14. The van der Waals surface area contributed by atoms with E-state index in [1.165, 1.54) is 0 Å². The predicted octanol–water partition coefficient (Wildman–Crippen LogP) is 2.98. The maximum absolute atomic E-state index is 11.5. The molecule has 88 valence electrons. The zero-order chi connectivity index (χ0) is 12.3. The van der Waals surface area contributed by atoms with E-state index in [0.29, 0.717) is 12.2 Å². The number of aromatic nitrogens is 1. The van der Waals surface area contributed by atoms with E-state index in [0.717, 1.165) is 10.9 Å². The first kappa shape index (κ1) is 11.6. The van der Waals surface area contributed by atoms with Gasteiger partial charge in [-0.25, -0.2) is 0 Å². The lowest BCUT2D eigenvalue weighted by Crippen LogP contribution is -2.22. The molecule has 3 heteroatoms. The van der Waals surface area contributed by atoms with Crippen molar-refractivity contribution in [1.82, 2.24) is 4.98 Å². The van der Waals surface area contributed by atoms with Crippen molar-refractivity contribution in [3.05, 3.63) is 36.5 Å². The van der Waals surface area contributed by atoms with Gasteiger partial charge in [-0.05, 0) is 31.2 Å². The summed E-state index contributed by atoms with van der Waals surface area (Å²) in [4.78, 5) is 15.8. The number of Topliss-reactive ketones (excluding diaryl/α,β-unsaturated/α-hetero) is 1. The average Bonchev–Trinajstić information content (AvgIpc) is 2.38. The molecular weight excluding hydrogens is 214 g/mol. The van der Waals surface area contributed by atoms with E-state index < -0.39 is 6.10 Å². The molecule has 0 saturated heterocycles. The largest absolute Gasteiger partial charge is 0.482 e. The highest BCUT2D eigenvalue weighted by molar-refractivity contribution is 5.86. The molecule has 0 aliphatic carbocycles. The van der Waals surface area contributed by atoms with Gasteiger partial charge in [-0.15, -0.1) is 0 Å². The Hall–Kier alpha value is -1.90. The van der Waals surface area contributed by atoms with Crippen LogP contribution in [0.25, 0.3) is 10.9 Å². The van der Waals surface area contributed by atoms with E-state index in [2.05, 4.69) is 4.98 Å². The molecular formula is C14H15NO2. The molecule has 0 fully saturated rings. The summed E-state index contributed by atoms with van der Waals surface area (Å²) in [6.45, 7) is 3.62. The summed E-state index contributed by atoms with van der Waals surface area (Å²) in [5.74, 6) is 0.816. The van der Waals surface area contributed by atoms with Crippen LogP contribution in [0.5, 0.6) is 5.75 Å². The van der Waals surface area contributed by atoms with E-state index in [4.69, 9.17) is 4.74 Å². The van der Waals surface area contributed by atoms with Gasteiger partial charge in [-0.2, -0.15) is 0 Å². The Morgan fingerprint density at radius 1 is 1.35 bits per heavy atom. The van der Waals surface area contributed by atoms with Crippen LogP contribution in [0.2, 0.25) is 0 Å². The van der Waals surface area contributed by atoms with Crippen molar-refractivity contribution in [1.29, 1.82) is 0 Å². The molecule has 1 unspecified atom stereocenters. The SMILES string of the molecule is CCC(=O)C(C)Oc1cccc2ncccc12. The third kappa shape index (κ3) is 2.44. The van der Waals surface area contributed by atoms with Crippen molar-refractivity contribution in [2.24, 2.45) is 0 Å². The van der Waals surface area contributed by atoms with E-state index >= 15 is 0 Å². The van der Waals surface area contributed by atoms with Crippen LogP contribution in [0.4, 0.5) is 0 Å². The molecule has 0 saturated carbocycles. The molecule has 1 heterocycles. The fourth-order valence-corrected chi connectivity index (χ4v) is 1.72. The van der Waals surface area contributed by atoms with Crippen LogP contribution in [0, 0.1) is 0 Å². The van der Waals surface area contributed by atoms with Crippen molar-refractivity contribution >= 4 is 16.7 Å². The monoisotopic (exact) mass is 229 g/mol. The zero-order valence-corrected chi connectivity index (χ0v) is 10.0. The zero-order valence-electron chi connectivity index (χ0n) is 10.0. The van der Waals surface area contributed by atoms with Gasteiger partial charge in [-0.1, -0.05) is 13.0 Å². The molecule has 0 aliphatic rings. The fraction of sp³-hybridized carbons (Fsp3) is 0.286. The second kappa shape index (κ2) is 4.95. The van der Waals surface area contributed by atoms with Gasteiger partial charge in [0.15, 0.2) is 11.9 Å². The molecule has 0 bridgehead atoms. The molecule has 0 spiro atoms. The first-order valence-corrected chi connectivity index (χ1v) is 5.75. The minimum absolute atomic E-state index is 0.103. The second-order valence-electron chi connectivity index (χ2n) is 3.91. The number of fused-ring (bicyclic) bond motifs is 1. The molecule has 3 nitrogen and oxygen atoms in total. The topological polar surface area (TPSA) is 39.2 Å². The number of benzene rings is 1. The Labute approximate surface area is 100 Å². The molecule has 1 aromatic carbocycles. The highest BCUT2D eigenvalue weighted by Gasteiger charge is 2.13. The van der Waals surface area contributed by atoms with Crippen LogP contribution in [0.1, 0.15) is 20.3 Å². The first-order valence-electron chi connectivity index (χ1n) is 5.75. The average molecular weight is 229 g/mol. The second-order valence-corrected chi connectivity index (χ2v) is 3.91. The van der Waals surface area contributed by atoms with Crippen molar-refractivity contribution in [3.63, 3.8) is 0 Å². The summed E-state index contributed by atoms with van der Waals surface area (Å²) >= 11 is 0. The number of carbonyl (C=O) groups excluding carboxylic acids is 1. The fourth-order valence-electron chi connectivity index (χ4n) is 1.72. The minimum atomic E-state index is -0.411. The van der Waals surface area contributed by atoms with E-state index in [1.807, 2.05) is 37.3 Å². The number of rotatable bonds is 4. The molecule has 1 atom stereocenters. The smallest absolute Gasteiger partial charge is 0.172 e. The number of ketones is 1. The third-order valence-electron chi connectivity index (χ3n) is 2.71. The maximum atomic E-state index is 11.5. The van der Waals surface area contributed by atoms with Crippen LogP contribution in [-0.4, -0.2) is 16.9 Å². The molecule has 0 N–H and O–H groups in total. The normalized spacial score (nSPS) is 12.4. The summed E-state index contributed by atoms with van der Waals surface area (Å²) in [6.07, 6.45) is 1.82. The summed E-state index contributed by atoms with van der Waals surface area (Å²) in [7, 11) is 0. The number of hydrogen-bond donors (Lipinski definition) is 0.